The van der Waals surface area contributed by atoms with E-state index in [0.29, 0.717) is 5.88 Å². The molecule has 0 unspecified atom stereocenters. The van der Waals surface area contributed by atoms with E-state index in [1.165, 1.54) is 0 Å². The number of nitrogens with zero attached hydrogens (tertiary/aromatic N) is 2. The predicted octanol–water partition coefficient (Wildman–Crippen LogP) is 2.94. The first-order valence-corrected chi connectivity index (χ1v) is 6.98. The van der Waals surface area contributed by atoms with Crippen molar-refractivity contribution < 1.29 is 9.53 Å². The zero-order valence-corrected chi connectivity index (χ0v) is 11.9. The van der Waals surface area contributed by atoms with Crippen molar-refractivity contribution in [2.45, 2.75) is 52.2 Å². The molecule has 0 bridgehead atoms. The van der Waals surface area contributed by atoms with Crippen molar-refractivity contribution >= 4 is 5.91 Å². The van der Waals surface area contributed by atoms with E-state index in [9.17, 15) is 4.79 Å². The van der Waals surface area contributed by atoms with Gasteiger partial charge in [-0.1, -0.05) is 6.07 Å². The lowest BCUT2D eigenvalue weighted by Crippen LogP contribution is -2.37. The summed E-state index contributed by atoms with van der Waals surface area (Å²) in [6.45, 7) is 6.44. The van der Waals surface area contributed by atoms with Crippen molar-refractivity contribution in [2.75, 3.05) is 6.54 Å². The Bertz CT molecular complexity index is 446. The second kappa shape index (κ2) is 6.04. The molecule has 1 aliphatic heterocycles. The smallest absolute Gasteiger partial charge is 0.219 e. The Morgan fingerprint density at radius 1 is 1.47 bits per heavy atom. The zero-order valence-electron chi connectivity index (χ0n) is 11.9. The summed E-state index contributed by atoms with van der Waals surface area (Å²) < 4.78 is 5.78. The van der Waals surface area contributed by atoms with Gasteiger partial charge in [0.2, 0.25) is 11.8 Å². The minimum Gasteiger partial charge on any atom is -0.475 e. The van der Waals surface area contributed by atoms with Gasteiger partial charge in [-0.3, -0.25) is 4.79 Å². The molecular weight excluding hydrogens is 240 g/mol. The molecule has 4 heteroatoms. The SMILES string of the molecule is CC(=O)N1CCCC[C@@H]1c1cccnc1OC(C)C. The fraction of sp³-hybridized carbons (Fsp3) is 0.600. The third kappa shape index (κ3) is 3.25. The number of aromatic nitrogens is 1. The summed E-state index contributed by atoms with van der Waals surface area (Å²) in [6.07, 6.45) is 5.03. The lowest BCUT2D eigenvalue weighted by atomic mass is 9.96. The summed E-state index contributed by atoms with van der Waals surface area (Å²) >= 11 is 0. The summed E-state index contributed by atoms with van der Waals surface area (Å²) in [5, 5.41) is 0. The Balaban J connectivity index is 2.30. The highest BCUT2D eigenvalue weighted by atomic mass is 16.5. The summed E-state index contributed by atoms with van der Waals surface area (Å²) in [5.41, 5.74) is 1.03. The van der Waals surface area contributed by atoms with Crippen molar-refractivity contribution in [3.05, 3.63) is 23.9 Å². The van der Waals surface area contributed by atoms with Crippen molar-refractivity contribution in [3.63, 3.8) is 0 Å². The predicted molar refractivity (Wildman–Crippen MR) is 74.0 cm³/mol. The first kappa shape index (κ1) is 13.8. The van der Waals surface area contributed by atoms with E-state index in [-0.39, 0.29) is 18.1 Å². The number of rotatable bonds is 3. The molecule has 104 valence electrons. The van der Waals surface area contributed by atoms with Gasteiger partial charge in [0.15, 0.2) is 0 Å². The van der Waals surface area contributed by atoms with Crippen LogP contribution in [0.5, 0.6) is 5.88 Å². The highest BCUT2D eigenvalue weighted by molar-refractivity contribution is 5.74. The number of carbonyl (C=O) groups is 1. The van der Waals surface area contributed by atoms with E-state index in [2.05, 4.69) is 4.98 Å². The molecule has 1 amide bonds. The molecule has 1 aromatic heterocycles. The topological polar surface area (TPSA) is 42.4 Å². The van der Waals surface area contributed by atoms with Gasteiger partial charge in [0.25, 0.3) is 0 Å². The Morgan fingerprint density at radius 3 is 2.95 bits per heavy atom. The molecule has 0 aromatic carbocycles. The number of likely N-dealkylation sites (tertiary alicyclic amines) is 1. The maximum absolute atomic E-state index is 11.8. The van der Waals surface area contributed by atoms with Crippen LogP contribution in [-0.4, -0.2) is 28.4 Å². The monoisotopic (exact) mass is 262 g/mol. The number of piperidine rings is 1. The second-order valence-electron chi connectivity index (χ2n) is 5.29. The van der Waals surface area contributed by atoms with Crippen LogP contribution in [0.2, 0.25) is 0 Å². The van der Waals surface area contributed by atoms with Gasteiger partial charge >= 0.3 is 0 Å². The fourth-order valence-electron chi connectivity index (χ4n) is 2.61. The van der Waals surface area contributed by atoms with Crippen LogP contribution < -0.4 is 4.74 Å². The van der Waals surface area contributed by atoms with Crippen molar-refractivity contribution in [3.8, 4) is 5.88 Å². The lowest BCUT2D eigenvalue weighted by Gasteiger charge is -2.35. The quantitative estimate of drug-likeness (QED) is 0.841. The van der Waals surface area contributed by atoms with Crippen LogP contribution >= 0.6 is 0 Å². The first-order valence-electron chi connectivity index (χ1n) is 6.98. The van der Waals surface area contributed by atoms with Gasteiger partial charge in [0, 0.05) is 25.2 Å². The number of hydrogen-bond donors (Lipinski definition) is 0. The van der Waals surface area contributed by atoms with Gasteiger partial charge in [-0.2, -0.15) is 0 Å². The molecule has 4 nitrogen and oxygen atoms in total. The summed E-state index contributed by atoms with van der Waals surface area (Å²) in [6, 6.07) is 4.04. The average molecular weight is 262 g/mol. The maximum Gasteiger partial charge on any atom is 0.219 e. The van der Waals surface area contributed by atoms with E-state index >= 15 is 0 Å². The highest BCUT2D eigenvalue weighted by Gasteiger charge is 2.28. The number of hydrogen-bond acceptors (Lipinski definition) is 3. The Morgan fingerprint density at radius 2 is 2.26 bits per heavy atom. The van der Waals surface area contributed by atoms with E-state index in [1.807, 2.05) is 30.9 Å². The Hall–Kier alpha value is -1.58. The van der Waals surface area contributed by atoms with Gasteiger partial charge in [-0.25, -0.2) is 4.98 Å². The Labute approximate surface area is 114 Å². The second-order valence-corrected chi connectivity index (χ2v) is 5.29. The number of amides is 1. The van der Waals surface area contributed by atoms with Crippen molar-refractivity contribution in [1.82, 2.24) is 9.88 Å². The van der Waals surface area contributed by atoms with Crippen LogP contribution in [0.4, 0.5) is 0 Å². The molecule has 1 aliphatic rings. The van der Waals surface area contributed by atoms with Gasteiger partial charge in [0.05, 0.1) is 12.1 Å². The van der Waals surface area contributed by atoms with E-state index in [0.717, 1.165) is 31.4 Å². The normalized spacial score (nSPS) is 19.6. The zero-order chi connectivity index (χ0) is 13.8. The minimum atomic E-state index is 0.0861. The van der Waals surface area contributed by atoms with Crippen molar-refractivity contribution in [1.29, 1.82) is 0 Å². The largest absolute Gasteiger partial charge is 0.475 e. The van der Waals surface area contributed by atoms with Gasteiger partial charge < -0.3 is 9.64 Å². The van der Waals surface area contributed by atoms with Crippen molar-refractivity contribution in [2.24, 2.45) is 0 Å². The van der Waals surface area contributed by atoms with Crippen LogP contribution in [0.3, 0.4) is 0 Å². The Kier molecular flexibility index (Phi) is 4.40. The molecule has 0 saturated carbocycles. The number of carbonyl (C=O) groups excluding carboxylic acids is 1. The van der Waals surface area contributed by atoms with Gasteiger partial charge in [0.1, 0.15) is 0 Å². The van der Waals surface area contributed by atoms with Crippen LogP contribution in [0.1, 0.15) is 51.6 Å². The minimum absolute atomic E-state index is 0.0861. The van der Waals surface area contributed by atoms with Crippen LogP contribution in [0.15, 0.2) is 18.3 Å². The number of pyridine rings is 1. The van der Waals surface area contributed by atoms with E-state index in [1.54, 1.807) is 13.1 Å². The number of ether oxygens (including phenoxy) is 1. The van der Waals surface area contributed by atoms with Gasteiger partial charge in [-0.05, 0) is 39.2 Å². The van der Waals surface area contributed by atoms with E-state index in [4.69, 9.17) is 4.74 Å². The third-order valence-electron chi connectivity index (χ3n) is 3.41. The summed E-state index contributed by atoms with van der Waals surface area (Å²) in [7, 11) is 0. The molecule has 0 N–H and O–H groups in total. The molecule has 1 fully saturated rings. The van der Waals surface area contributed by atoms with Crippen LogP contribution in [0, 0.1) is 0 Å². The molecule has 19 heavy (non-hydrogen) atoms. The van der Waals surface area contributed by atoms with E-state index < -0.39 is 0 Å². The summed E-state index contributed by atoms with van der Waals surface area (Å²) in [5.74, 6) is 0.791. The molecule has 0 aliphatic carbocycles. The molecule has 1 atom stereocenters. The van der Waals surface area contributed by atoms with Crippen LogP contribution in [0.25, 0.3) is 0 Å². The molecule has 0 radical (unpaired) electrons. The van der Waals surface area contributed by atoms with Crippen LogP contribution in [-0.2, 0) is 4.79 Å². The molecule has 2 rings (SSSR count). The lowest BCUT2D eigenvalue weighted by molar-refractivity contribution is -0.132. The average Bonchev–Trinajstić information content (AvgIpc) is 2.38. The highest BCUT2D eigenvalue weighted by Crippen LogP contribution is 2.35. The molecule has 2 heterocycles. The molecule has 1 aromatic rings. The molecular formula is C15H22N2O2. The van der Waals surface area contributed by atoms with Gasteiger partial charge in [-0.15, -0.1) is 0 Å². The fourth-order valence-corrected chi connectivity index (χ4v) is 2.61. The standard InChI is InChI=1S/C15H22N2O2/c1-11(2)19-15-13(7-6-9-16-15)14-8-4-5-10-17(14)12(3)18/h6-7,9,11,14H,4-5,8,10H2,1-3H3/t14-/m1/s1. The maximum atomic E-state index is 11.8. The molecule has 0 spiro atoms. The first-order chi connectivity index (χ1) is 9.09. The third-order valence-corrected chi connectivity index (χ3v) is 3.41. The molecule has 1 saturated heterocycles. The summed E-state index contributed by atoms with van der Waals surface area (Å²) in [4.78, 5) is 18.0.